The van der Waals surface area contributed by atoms with Crippen LogP contribution in [0.25, 0.3) is 0 Å². The highest BCUT2D eigenvalue weighted by molar-refractivity contribution is 9.11. The lowest BCUT2D eigenvalue weighted by molar-refractivity contribution is -0.0804. The van der Waals surface area contributed by atoms with Crippen molar-refractivity contribution in [3.63, 3.8) is 0 Å². The summed E-state index contributed by atoms with van der Waals surface area (Å²) in [5.41, 5.74) is 2.53. The van der Waals surface area contributed by atoms with E-state index >= 15 is 0 Å². The number of halogens is 1. The summed E-state index contributed by atoms with van der Waals surface area (Å²) in [4.78, 5) is 0.345. The molecule has 1 N–H and O–H groups in total. The van der Waals surface area contributed by atoms with Gasteiger partial charge in [-0.15, -0.1) is 0 Å². The quantitative estimate of drug-likeness (QED) is 0.313. The molecule has 0 aromatic heterocycles. The Kier molecular flexibility index (Phi) is 11.8. The molecule has 2 atom stereocenters. The van der Waals surface area contributed by atoms with Crippen LogP contribution in [0.5, 0.6) is 0 Å². The lowest BCUT2D eigenvalue weighted by atomic mass is 10.0. The van der Waals surface area contributed by atoms with E-state index in [1.807, 2.05) is 45.9 Å². The van der Waals surface area contributed by atoms with Crippen LogP contribution in [0.15, 0.2) is 27.6 Å². The van der Waals surface area contributed by atoms with Crippen LogP contribution in [0, 0.1) is 26.7 Å². The summed E-state index contributed by atoms with van der Waals surface area (Å²) in [5, 5.41) is 0. The summed E-state index contributed by atoms with van der Waals surface area (Å²) in [7, 11) is -2.08. The van der Waals surface area contributed by atoms with Gasteiger partial charge < -0.3 is 14.2 Å². The number of hydrogen-bond acceptors (Lipinski definition) is 5. The third-order valence-electron chi connectivity index (χ3n) is 4.45. The van der Waals surface area contributed by atoms with Crippen molar-refractivity contribution >= 4 is 26.0 Å². The third-order valence-corrected chi connectivity index (χ3v) is 7.04. The maximum Gasteiger partial charge on any atom is 0.241 e. The van der Waals surface area contributed by atoms with Gasteiger partial charge in [-0.3, -0.25) is 0 Å². The Morgan fingerprint density at radius 2 is 1.73 bits per heavy atom. The molecule has 0 fully saturated rings. The van der Waals surface area contributed by atoms with Crippen LogP contribution in [0.1, 0.15) is 43.9 Å². The first-order valence-electron chi connectivity index (χ1n) is 10.1. The monoisotopic (exact) mass is 505 g/mol. The number of hydrogen-bond donors (Lipinski definition) is 1. The lowest BCUT2D eigenvalue weighted by Crippen LogP contribution is -2.37. The van der Waals surface area contributed by atoms with Crippen LogP contribution >= 0.6 is 15.9 Å². The molecule has 0 saturated carbocycles. The van der Waals surface area contributed by atoms with Gasteiger partial charge in [0.2, 0.25) is 10.0 Å². The maximum absolute atomic E-state index is 13.2. The zero-order valence-corrected chi connectivity index (χ0v) is 21.5. The molecule has 0 bridgehead atoms. The van der Waals surface area contributed by atoms with E-state index < -0.39 is 16.1 Å². The first-order chi connectivity index (χ1) is 14.0. The molecule has 8 heteroatoms. The van der Waals surface area contributed by atoms with Crippen LogP contribution in [-0.2, 0) is 24.2 Å². The number of rotatable bonds is 13. The minimum absolute atomic E-state index is 0.142. The molecule has 1 aromatic rings. The summed E-state index contributed by atoms with van der Waals surface area (Å²) in [6.45, 7) is 12.7. The summed E-state index contributed by atoms with van der Waals surface area (Å²) in [6.07, 6.45) is 2.27. The Bertz CT molecular complexity index is 785. The molecule has 0 saturated heterocycles. The molecule has 0 heterocycles. The second-order valence-corrected chi connectivity index (χ2v) is 10.5. The average molecular weight is 507 g/mol. The predicted molar refractivity (Wildman–Crippen MR) is 124 cm³/mol. The van der Waals surface area contributed by atoms with Crippen LogP contribution in [0.2, 0.25) is 0 Å². The predicted octanol–water partition coefficient (Wildman–Crippen LogP) is 4.61. The Morgan fingerprint density at radius 1 is 1.13 bits per heavy atom. The molecule has 0 aliphatic rings. The second-order valence-electron chi connectivity index (χ2n) is 7.97. The van der Waals surface area contributed by atoms with Gasteiger partial charge in [0.05, 0.1) is 30.3 Å². The molecular formula is C22H36BrNO5S. The summed E-state index contributed by atoms with van der Waals surface area (Å²) < 4.78 is 45.9. The van der Waals surface area contributed by atoms with Crippen molar-refractivity contribution in [2.45, 2.75) is 65.0 Å². The molecule has 172 valence electrons. The van der Waals surface area contributed by atoms with Gasteiger partial charge in [-0.25, -0.2) is 13.1 Å². The topological polar surface area (TPSA) is 73.9 Å². The molecule has 1 aromatic carbocycles. The molecule has 0 amide bonds. The van der Waals surface area contributed by atoms with Gasteiger partial charge >= 0.3 is 0 Å². The van der Waals surface area contributed by atoms with Gasteiger partial charge in [0, 0.05) is 11.6 Å². The fraction of sp³-hybridized carbons (Fsp3) is 0.636. The molecular weight excluding hydrogens is 470 g/mol. The number of aryl methyl sites for hydroxylation is 3. The van der Waals surface area contributed by atoms with Gasteiger partial charge in [0.15, 0.2) is 0 Å². The summed E-state index contributed by atoms with van der Waals surface area (Å²) in [5.74, 6) is 0.299. The first-order valence-corrected chi connectivity index (χ1v) is 12.4. The van der Waals surface area contributed by atoms with Crippen molar-refractivity contribution in [2.24, 2.45) is 5.92 Å². The van der Waals surface area contributed by atoms with Crippen molar-refractivity contribution in [1.29, 1.82) is 0 Å². The lowest BCUT2D eigenvalue weighted by Gasteiger charge is -2.23. The largest absolute Gasteiger partial charge is 0.382 e. The number of sulfonamides is 1. The summed E-state index contributed by atoms with van der Waals surface area (Å²) >= 11 is 3.57. The standard InChI is InChI=1S/C22H36BrNO5S/c1-15(2)10-21(20(23)13-19(6)29-14-28-9-8-27-7)24-30(25,26)22-17(4)11-16(3)12-18(22)5/h11-13,15,19,21,24H,8-10,14H2,1-7H3/b20-13+/t19-,21+/m0/s1. The minimum atomic E-state index is -3.69. The van der Waals surface area contributed by atoms with E-state index in [2.05, 4.69) is 34.5 Å². The van der Waals surface area contributed by atoms with Crippen LogP contribution in [0.4, 0.5) is 0 Å². The van der Waals surface area contributed by atoms with Crippen molar-refractivity contribution in [2.75, 3.05) is 27.1 Å². The Labute approximate surface area is 190 Å². The van der Waals surface area contributed by atoms with Crippen molar-refractivity contribution < 1.29 is 22.6 Å². The highest BCUT2D eigenvalue weighted by atomic mass is 79.9. The fourth-order valence-corrected chi connectivity index (χ4v) is 5.78. The smallest absolute Gasteiger partial charge is 0.241 e. The van der Waals surface area contributed by atoms with Crippen molar-refractivity contribution in [3.8, 4) is 0 Å². The molecule has 1 rings (SSSR count). The van der Waals surface area contributed by atoms with Crippen LogP contribution in [0.3, 0.4) is 0 Å². The van der Waals surface area contributed by atoms with Gasteiger partial charge in [0.1, 0.15) is 6.79 Å². The highest BCUT2D eigenvalue weighted by Gasteiger charge is 2.26. The van der Waals surface area contributed by atoms with Crippen LogP contribution in [-0.4, -0.2) is 47.7 Å². The van der Waals surface area contributed by atoms with E-state index in [4.69, 9.17) is 14.2 Å². The highest BCUT2D eigenvalue weighted by Crippen LogP contribution is 2.25. The van der Waals surface area contributed by atoms with E-state index in [9.17, 15) is 8.42 Å². The Morgan fingerprint density at radius 3 is 2.27 bits per heavy atom. The minimum Gasteiger partial charge on any atom is -0.382 e. The van der Waals surface area contributed by atoms with Gasteiger partial charge in [0.25, 0.3) is 0 Å². The van der Waals surface area contributed by atoms with Gasteiger partial charge in [-0.05, 0) is 57.2 Å². The van der Waals surface area contributed by atoms with E-state index in [0.29, 0.717) is 30.4 Å². The van der Waals surface area contributed by atoms with E-state index in [1.165, 1.54) is 0 Å². The van der Waals surface area contributed by atoms with E-state index in [1.54, 1.807) is 7.11 Å². The molecule has 0 aliphatic carbocycles. The Hall–Kier alpha value is -0.770. The van der Waals surface area contributed by atoms with E-state index in [0.717, 1.165) is 21.2 Å². The number of methoxy groups -OCH3 is 1. The molecule has 30 heavy (non-hydrogen) atoms. The molecule has 0 unspecified atom stereocenters. The Balaban J connectivity index is 2.98. The molecule has 0 radical (unpaired) electrons. The maximum atomic E-state index is 13.2. The third kappa shape index (κ3) is 9.16. The number of nitrogens with one attached hydrogen (secondary N) is 1. The first kappa shape index (κ1) is 27.3. The second kappa shape index (κ2) is 12.9. The molecule has 6 nitrogen and oxygen atoms in total. The van der Waals surface area contributed by atoms with Gasteiger partial charge in [-0.2, -0.15) is 0 Å². The van der Waals surface area contributed by atoms with Crippen molar-refractivity contribution in [3.05, 3.63) is 39.4 Å². The van der Waals surface area contributed by atoms with Crippen LogP contribution < -0.4 is 4.72 Å². The zero-order valence-electron chi connectivity index (χ0n) is 19.1. The van der Waals surface area contributed by atoms with E-state index in [-0.39, 0.29) is 12.9 Å². The zero-order chi connectivity index (χ0) is 22.9. The normalized spacial score (nSPS) is 14.9. The molecule has 0 spiro atoms. The number of benzene rings is 1. The average Bonchev–Trinajstić information content (AvgIpc) is 2.59. The molecule has 0 aliphatic heterocycles. The SMILES string of the molecule is COCCOCO[C@@H](C)/C=C(/Br)[C@@H](CC(C)C)NS(=O)(=O)c1c(C)cc(C)cc1C. The fourth-order valence-electron chi connectivity index (χ4n) is 3.27. The van der Waals surface area contributed by atoms with Crippen molar-refractivity contribution in [1.82, 2.24) is 4.72 Å². The van der Waals surface area contributed by atoms with Gasteiger partial charge in [-0.1, -0.05) is 47.5 Å². The number of ether oxygens (including phenoxy) is 3. The summed E-state index contributed by atoms with van der Waals surface area (Å²) in [6, 6.07) is 3.39.